The predicted molar refractivity (Wildman–Crippen MR) is 170 cm³/mol. The van der Waals surface area contributed by atoms with Crippen molar-refractivity contribution in [2.24, 2.45) is 5.73 Å². The van der Waals surface area contributed by atoms with Gasteiger partial charge in [0.15, 0.2) is 0 Å². The number of hydrogen-bond donors (Lipinski definition) is 2. The van der Waals surface area contributed by atoms with E-state index < -0.39 is 108 Å². The van der Waals surface area contributed by atoms with Crippen LogP contribution in [-0.4, -0.2) is 132 Å². The molecule has 0 aliphatic heterocycles. The van der Waals surface area contributed by atoms with Gasteiger partial charge in [-0.15, -0.1) is 0 Å². The maximum absolute atomic E-state index is 14.0. The number of carbonyl (C=O) groups is 5. The van der Waals surface area contributed by atoms with Crippen LogP contribution in [0, 0.1) is 0 Å². The van der Waals surface area contributed by atoms with Crippen molar-refractivity contribution in [1.82, 2.24) is 10.2 Å². The largest absolute Gasteiger partial charge is 0.468 e. The molecule has 2 unspecified atom stereocenters. The minimum Gasteiger partial charge on any atom is -0.468 e. The first-order chi connectivity index (χ1) is 24.8. The lowest BCUT2D eigenvalue weighted by atomic mass is 9.93. The summed E-state index contributed by atoms with van der Waals surface area (Å²) >= 11 is 1.18. The quantitative estimate of drug-likeness (QED) is 0.0471. The van der Waals surface area contributed by atoms with Gasteiger partial charge in [-0.25, -0.2) is 9.69 Å². The topological polar surface area (TPSA) is 154 Å². The molecule has 0 aromatic carbocycles. The Labute approximate surface area is 313 Å². The molecule has 0 aromatic heterocycles. The first-order valence-corrected chi connectivity index (χ1v) is 17.6. The Bertz CT molecular complexity index is 1360. The molecule has 2 atom stereocenters. The van der Waals surface area contributed by atoms with Crippen LogP contribution in [0.25, 0.3) is 0 Å². The molecule has 0 aliphatic rings. The lowest BCUT2D eigenvalue weighted by Gasteiger charge is -2.39. The normalized spacial score (nSPS) is 14.6. The highest BCUT2D eigenvalue weighted by atomic mass is 32.2. The summed E-state index contributed by atoms with van der Waals surface area (Å²) in [4.78, 5) is 62.8. The highest BCUT2D eigenvalue weighted by molar-refractivity contribution is 7.99. The van der Waals surface area contributed by atoms with E-state index in [-0.39, 0.29) is 23.7 Å². The summed E-state index contributed by atoms with van der Waals surface area (Å²) < 4.78 is 187. The second-order valence-electron chi connectivity index (χ2n) is 12.1. The molecule has 3 N–H and O–H groups in total. The zero-order valence-corrected chi connectivity index (χ0v) is 31.1. The zero-order chi connectivity index (χ0) is 43.4. The summed E-state index contributed by atoms with van der Waals surface area (Å²) in [7, 11) is 2.00. The van der Waals surface area contributed by atoms with Gasteiger partial charge in [-0.1, -0.05) is 12.2 Å². The van der Waals surface area contributed by atoms with Crippen LogP contribution in [0.5, 0.6) is 0 Å². The Morgan fingerprint density at radius 3 is 1.75 bits per heavy atom. The summed E-state index contributed by atoms with van der Waals surface area (Å²) in [5.74, 6) is -43.1. The number of nitrogens with two attached hydrogens (primary N) is 1. The standard InChI is InChI=1S/C29H38F13N3O8S2/c1-23(2,3)53-22(50)45(14-19(47)51-4)20(48)17(44-18(46)9-8-16(43)21(49)52-5)15-55-12-7-6-11-54-13-10-24(30,31)25(32,33)26(34,35)27(36,37)28(38,39)29(40,41)42/h6-7,16-17H,8-15,43H2,1-5H3,(H,44,46). The Hall–Kier alpha value is -3.16. The molecular formula is C29H38F13N3O8S2. The lowest BCUT2D eigenvalue weighted by Crippen LogP contribution is -2.70. The van der Waals surface area contributed by atoms with Crippen molar-refractivity contribution < 1.29 is 95.3 Å². The molecule has 320 valence electrons. The van der Waals surface area contributed by atoms with Gasteiger partial charge in [0.05, 0.1) is 14.2 Å². The van der Waals surface area contributed by atoms with Crippen LogP contribution in [0.2, 0.25) is 0 Å². The third-order valence-electron chi connectivity index (χ3n) is 6.65. The van der Waals surface area contributed by atoms with Gasteiger partial charge in [-0.05, 0) is 32.9 Å². The predicted octanol–water partition coefficient (Wildman–Crippen LogP) is 5.84. The number of halogens is 13. The molecule has 0 rings (SSSR count). The summed E-state index contributed by atoms with van der Waals surface area (Å²) in [6, 6.07) is -2.78. The third kappa shape index (κ3) is 14.1. The number of thioether (sulfide) groups is 2. The van der Waals surface area contributed by atoms with E-state index in [1.165, 1.54) is 32.9 Å². The SMILES string of the molecule is COC(=O)CN(C(=O)OC(C)(C)C)C(=O)C(CSCC=CCSCCC(F)(F)C(F)(F)C(F)(F)C(F)(F)C(F)(F)C(F)(F)F)NC(=O)CCC(N)C(=O)OC. The molecule has 11 nitrogen and oxygen atoms in total. The van der Waals surface area contributed by atoms with E-state index in [1.807, 2.05) is 0 Å². The van der Waals surface area contributed by atoms with E-state index >= 15 is 0 Å². The number of carbonyl (C=O) groups excluding carboxylic acids is 5. The molecule has 0 aromatic rings. The van der Waals surface area contributed by atoms with Crippen LogP contribution >= 0.6 is 23.5 Å². The molecule has 0 radical (unpaired) electrons. The number of ether oxygens (including phenoxy) is 3. The highest BCUT2D eigenvalue weighted by Crippen LogP contribution is 2.60. The van der Waals surface area contributed by atoms with Crippen molar-refractivity contribution in [2.45, 2.75) is 93.5 Å². The van der Waals surface area contributed by atoms with Gasteiger partial charge in [0.2, 0.25) is 5.91 Å². The second kappa shape index (κ2) is 20.3. The second-order valence-corrected chi connectivity index (χ2v) is 14.3. The number of amides is 3. The maximum Gasteiger partial charge on any atom is 0.460 e. The zero-order valence-electron chi connectivity index (χ0n) is 29.5. The van der Waals surface area contributed by atoms with Crippen molar-refractivity contribution in [2.75, 3.05) is 43.8 Å². The van der Waals surface area contributed by atoms with E-state index in [1.54, 1.807) is 0 Å². The highest BCUT2D eigenvalue weighted by Gasteiger charge is 2.90. The molecule has 0 aliphatic carbocycles. The Balaban J connectivity index is 5.66. The van der Waals surface area contributed by atoms with Crippen LogP contribution in [0.3, 0.4) is 0 Å². The van der Waals surface area contributed by atoms with Gasteiger partial charge in [-0.2, -0.15) is 80.6 Å². The van der Waals surface area contributed by atoms with E-state index in [0.29, 0.717) is 16.7 Å². The van der Waals surface area contributed by atoms with Gasteiger partial charge >= 0.3 is 53.8 Å². The lowest BCUT2D eigenvalue weighted by molar-refractivity contribution is -0.439. The summed E-state index contributed by atoms with van der Waals surface area (Å²) in [6.45, 7) is 3.39. The van der Waals surface area contributed by atoms with E-state index in [0.717, 1.165) is 26.0 Å². The smallest absolute Gasteiger partial charge is 0.460 e. The third-order valence-corrected chi connectivity index (χ3v) is 8.57. The number of esters is 2. The molecule has 0 bridgehead atoms. The van der Waals surface area contributed by atoms with E-state index in [2.05, 4.69) is 14.8 Å². The molecule has 3 amide bonds. The average molecular weight is 868 g/mol. The molecule has 26 heteroatoms. The van der Waals surface area contributed by atoms with Crippen molar-refractivity contribution in [3.63, 3.8) is 0 Å². The number of methoxy groups -OCH3 is 2. The fraction of sp³-hybridized carbons (Fsp3) is 0.759. The van der Waals surface area contributed by atoms with E-state index in [4.69, 9.17) is 10.5 Å². The van der Waals surface area contributed by atoms with Crippen molar-refractivity contribution >= 4 is 53.4 Å². The Morgan fingerprint density at radius 1 is 0.764 bits per heavy atom. The molecule has 55 heavy (non-hydrogen) atoms. The summed E-state index contributed by atoms with van der Waals surface area (Å²) in [6.07, 6.45) is -9.36. The minimum absolute atomic E-state index is 0.0696. The molecular weight excluding hydrogens is 829 g/mol. The van der Waals surface area contributed by atoms with Crippen LogP contribution in [-0.2, 0) is 33.4 Å². The summed E-state index contributed by atoms with van der Waals surface area (Å²) in [5, 5.41) is 2.32. The van der Waals surface area contributed by atoms with Crippen LogP contribution in [0.15, 0.2) is 12.2 Å². The number of hydrogen-bond acceptors (Lipinski definition) is 11. The van der Waals surface area contributed by atoms with Gasteiger partial charge in [0, 0.05) is 30.1 Å². The monoisotopic (exact) mass is 867 g/mol. The molecule has 0 heterocycles. The molecule has 0 fully saturated rings. The van der Waals surface area contributed by atoms with Gasteiger partial charge in [0.25, 0.3) is 5.91 Å². The Kier molecular flexibility index (Phi) is 19.2. The maximum atomic E-state index is 14.0. The van der Waals surface area contributed by atoms with Gasteiger partial charge < -0.3 is 25.3 Å². The first kappa shape index (κ1) is 51.8. The van der Waals surface area contributed by atoms with E-state index in [9.17, 15) is 81.0 Å². The van der Waals surface area contributed by atoms with Crippen LogP contribution < -0.4 is 11.1 Å². The average Bonchev–Trinajstić information content (AvgIpc) is 3.05. The van der Waals surface area contributed by atoms with Crippen LogP contribution in [0.1, 0.15) is 40.0 Å². The van der Waals surface area contributed by atoms with Gasteiger partial charge in [-0.3, -0.25) is 19.2 Å². The fourth-order valence-corrected chi connectivity index (χ4v) is 5.34. The Morgan fingerprint density at radius 2 is 1.27 bits per heavy atom. The molecule has 0 spiro atoms. The van der Waals surface area contributed by atoms with Gasteiger partial charge in [0.1, 0.15) is 24.2 Å². The fourth-order valence-electron chi connectivity index (χ4n) is 3.63. The van der Waals surface area contributed by atoms with Crippen molar-refractivity contribution in [3.8, 4) is 0 Å². The number of alkyl halides is 13. The van der Waals surface area contributed by atoms with Crippen molar-refractivity contribution in [3.05, 3.63) is 12.2 Å². The number of nitrogens with one attached hydrogen (secondary N) is 1. The van der Waals surface area contributed by atoms with Crippen molar-refractivity contribution in [1.29, 1.82) is 0 Å². The minimum atomic E-state index is -7.97. The number of nitrogens with zero attached hydrogens (tertiary/aromatic N) is 1. The first-order valence-electron chi connectivity index (χ1n) is 15.3. The molecule has 0 saturated carbocycles. The number of rotatable bonds is 21. The van der Waals surface area contributed by atoms with Crippen LogP contribution in [0.4, 0.5) is 61.9 Å². The molecule has 0 saturated heterocycles. The number of imide groups is 1. The summed E-state index contributed by atoms with van der Waals surface area (Å²) in [5.41, 5.74) is 4.44.